The van der Waals surface area contributed by atoms with Crippen molar-refractivity contribution in [3.05, 3.63) is 45.4 Å². The molecular weight excluding hydrogens is 292 g/mol. The van der Waals surface area contributed by atoms with Gasteiger partial charge in [0, 0.05) is 11.1 Å². The van der Waals surface area contributed by atoms with Gasteiger partial charge in [0.25, 0.3) is 0 Å². The van der Waals surface area contributed by atoms with Crippen molar-refractivity contribution in [2.24, 2.45) is 0 Å². The number of thiophene rings is 1. The summed E-state index contributed by atoms with van der Waals surface area (Å²) in [7, 11) is 0. The summed E-state index contributed by atoms with van der Waals surface area (Å²) in [6.07, 6.45) is 3.75. The minimum Gasteiger partial charge on any atom is -0.489 e. The molecule has 1 atom stereocenters. The summed E-state index contributed by atoms with van der Waals surface area (Å²) in [5.41, 5.74) is 1.09. The molecule has 2 aromatic heterocycles. The minimum atomic E-state index is 0.0979. The lowest BCUT2D eigenvalue weighted by molar-refractivity contribution is 0.241. The molecule has 2 aromatic rings. The molecule has 2 rings (SSSR count). The smallest absolute Gasteiger partial charge is 0.138 e. The monoisotopic (exact) mass is 310 g/mol. The van der Waals surface area contributed by atoms with Crippen LogP contribution in [0.1, 0.15) is 37.3 Å². The predicted octanol–water partition coefficient (Wildman–Crippen LogP) is 4.28. The van der Waals surface area contributed by atoms with Crippen LogP contribution in [-0.2, 0) is 0 Å². The first kappa shape index (κ1) is 15.3. The van der Waals surface area contributed by atoms with E-state index in [0.717, 1.165) is 22.2 Å². The van der Waals surface area contributed by atoms with Gasteiger partial charge in [0.05, 0.1) is 22.7 Å². The molecule has 0 saturated heterocycles. The van der Waals surface area contributed by atoms with Crippen LogP contribution in [0.3, 0.4) is 0 Å². The lowest BCUT2D eigenvalue weighted by atomic mass is 10.1. The standard InChI is InChI=1S/C15H19ClN2OS/c1-4-18-15(13-5-6-14(16)20-13)11-7-12(9-17-8-11)19-10(2)3/h5-10,15,18H,4H2,1-3H3. The molecule has 0 aliphatic heterocycles. The summed E-state index contributed by atoms with van der Waals surface area (Å²) >= 11 is 7.63. The molecule has 0 amide bonds. The second-order valence-corrected chi connectivity index (χ2v) is 6.50. The molecule has 5 heteroatoms. The van der Waals surface area contributed by atoms with E-state index in [2.05, 4.69) is 23.3 Å². The van der Waals surface area contributed by atoms with Crippen LogP contribution in [0.15, 0.2) is 30.6 Å². The Bertz CT molecular complexity index is 556. The van der Waals surface area contributed by atoms with Crippen molar-refractivity contribution in [3.63, 3.8) is 0 Å². The maximum absolute atomic E-state index is 6.04. The van der Waals surface area contributed by atoms with E-state index in [1.54, 1.807) is 17.5 Å². The normalized spacial score (nSPS) is 12.7. The summed E-state index contributed by atoms with van der Waals surface area (Å²) in [6, 6.07) is 6.11. The molecular formula is C15H19ClN2OS. The van der Waals surface area contributed by atoms with E-state index in [4.69, 9.17) is 16.3 Å². The van der Waals surface area contributed by atoms with Crippen LogP contribution in [0.4, 0.5) is 0 Å². The molecule has 0 aromatic carbocycles. The Balaban J connectivity index is 2.29. The average Bonchev–Trinajstić information content (AvgIpc) is 2.82. The molecule has 108 valence electrons. The van der Waals surface area contributed by atoms with Gasteiger partial charge in [-0.2, -0.15) is 0 Å². The maximum Gasteiger partial charge on any atom is 0.138 e. The molecule has 20 heavy (non-hydrogen) atoms. The minimum absolute atomic E-state index is 0.0979. The summed E-state index contributed by atoms with van der Waals surface area (Å²) in [5.74, 6) is 0.794. The highest BCUT2D eigenvalue weighted by Gasteiger charge is 2.16. The van der Waals surface area contributed by atoms with Crippen LogP contribution in [0.2, 0.25) is 4.34 Å². The van der Waals surface area contributed by atoms with Crippen molar-refractivity contribution in [3.8, 4) is 5.75 Å². The van der Waals surface area contributed by atoms with Gasteiger partial charge < -0.3 is 10.1 Å². The Morgan fingerprint density at radius 1 is 1.35 bits per heavy atom. The second-order valence-electron chi connectivity index (χ2n) is 4.75. The Morgan fingerprint density at radius 2 is 2.15 bits per heavy atom. The van der Waals surface area contributed by atoms with Crippen molar-refractivity contribution >= 4 is 22.9 Å². The third kappa shape index (κ3) is 3.95. The number of ether oxygens (including phenoxy) is 1. The zero-order valence-electron chi connectivity index (χ0n) is 11.9. The van der Waals surface area contributed by atoms with E-state index in [1.807, 2.05) is 32.2 Å². The summed E-state index contributed by atoms with van der Waals surface area (Å²) in [4.78, 5) is 5.46. The second kappa shape index (κ2) is 7.07. The van der Waals surface area contributed by atoms with Gasteiger partial charge in [-0.05, 0) is 44.2 Å². The highest BCUT2D eigenvalue weighted by atomic mass is 35.5. The number of halogens is 1. The van der Waals surface area contributed by atoms with Gasteiger partial charge in [-0.1, -0.05) is 18.5 Å². The fourth-order valence-corrected chi connectivity index (χ4v) is 3.17. The summed E-state index contributed by atoms with van der Waals surface area (Å²) < 4.78 is 6.51. The third-order valence-corrected chi connectivity index (χ3v) is 4.02. The van der Waals surface area contributed by atoms with E-state index in [9.17, 15) is 0 Å². The topological polar surface area (TPSA) is 34.2 Å². The number of rotatable bonds is 6. The number of nitrogens with one attached hydrogen (secondary N) is 1. The number of hydrogen-bond acceptors (Lipinski definition) is 4. The van der Waals surface area contributed by atoms with Crippen molar-refractivity contribution in [2.45, 2.75) is 32.9 Å². The van der Waals surface area contributed by atoms with Crippen LogP contribution < -0.4 is 10.1 Å². The van der Waals surface area contributed by atoms with Gasteiger partial charge in [-0.15, -0.1) is 11.3 Å². The Morgan fingerprint density at radius 3 is 2.75 bits per heavy atom. The highest BCUT2D eigenvalue weighted by molar-refractivity contribution is 7.16. The van der Waals surface area contributed by atoms with Crippen LogP contribution in [0.5, 0.6) is 5.75 Å². The molecule has 3 nitrogen and oxygen atoms in total. The highest BCUT2D eigenvalue weighted by Crippen LogP contribution is 2.31. The van der Waals surface area contributed by atoms with Gasteiger partial charge in [0.2, 0.25) is 0 Å². The van der Waals surface area contributed by atoms with Gasteiger partial charge >= 0.3 is 0 Å². The van der Waals surface area contributed by atoms with Gasteiger partial charge in [-0.25, -0.2) is 0 Å². The van der Waals surface area contributed by atoms with Crippen molar-refractivity contribution in [1.82, 2.24) is 10.3 Å². The van der Waals surface area contributed by atoms with Crippen LogP contribution in [0.25, 0.3) is 0 Å². The summed E-state index contributed by atoms with van der Waals surface area (Å²) in [5, 5.41) is 3.47. The quantitative estimate of drug-likeness (QED) is 0.864. The van der Waals surface area contributed by atoms with E-state index < -0.39 is 0 Å². The molecule has 0 saturated carbocycles. The molecule has 1 N–H and O–H groups in total. The van der Waals surface area contributed by atoms with Crippen molar-refractivity contribution in [1.29, 1.82) is 0 Å². The van der Waals surface area contributed by atoms with E-state index >= 15 is 0 Å². The van der Waals surface area contributed by atoms with Crippen LogP contribution in [0, 0.1) is 0 Å². The Hall–Kier alpha value is -1.10. The number of hydrogen-bond donors (Lipinski definition) is 1. The van der Waals surface area contributed by atoms with E-state index in [1.165, 1.54) is 4.88 Å². The molecule has 1 unspecified atom stereocenters. The SMILES string of the molecule is CCNC(c1cncc(OC(C)C)c1)c1ccc(Cl)s1. The lowest BCUT2D eigenvalue weighted by Gasteiger charge is -2.18. The first-order chi connectivity index (χ1) is 9.60. The summed E-state index contributed by atoms with van der Waals surface area (Å²) in [6.45, 7) is 6.97. The fraction of sp³-hybridized carbons (Fsp3) is 0.400. The molecule has 0 spiro atoms. The Kier molecular flexibility index (Phi) is 5.40. The van der Waals surface area contributed by atoms with E-state index in [-0.39, 0.29) is 12.1 Å². The molecule has 0 fully saturated rings. The molecule has 2 heterocycles. The lowest BCUT2D eigenvalue weighted by Crippen LogP contribution is -2.21. The maximum atomic E-state index is 6.04. The number of nitrogens with zero attached hydrogens (tertiary/aromatic N) is 1. The number of pyridine rings is 1. The Labute approximate surface area is 129 Å². The zero-order valence-corrected chi connectivity index (χ0v) is 13.5. The number of aromatic nitrogens is 1. The predicted molar refractivity (Wildman–Crippen MR) is 84.8 cm³/mol. The van der Waals surface area contributed by atoms with Crippen LogP contribution >= 0.6 is 22.9 Å². The fourth-order valence-electron chi connectivity index (χ4n) is 2.00. The molecule has 0 aliphatic rings. The van der Waals surface area contributed by atoms with E-state index in [0.29, 0.717) is 0 Å². The first-order valence-corrected chi connectivity index (χ1v) is 7.89. The molecule has 0 radical (unpaired) electrons. The third-order valence-electron chi connectivity index (χ3n) is 2.73. The largest absolute Gasteiger partial charge is 0.489 e. The zero-order chi connectivity index (χ0) is 14.5. The van der Waals surface area contributed by atoms with Gasteiger partial charge in [0.15, 0.2) is 0 Å². The molecule has 0 bridgehead atoms. The first-order valence-electron chi connectivity index (χ1n) is 6.70. The average molecular weight is 311 g/mol. The van der Waals surface area contributed by atoms with Crippen molar-refractivity contribution in [2.75, 3.05) is 6.54 Å². The van der Waals surface area contributed by atoms with Gasteiger partial charge in [0.1, 0.15) is 5.75 Å². The van der Waals surface area contributed by atoms with Crippen LogP contribution in [-0.4, -0.2) is 17.6 Å². The van der Waals surface area contributed by atoms with Gasteiger partial charge in [-0.3, -0.25) is 4.98 Å². The molecule has 0 aliphatic carbocycles. The van der Waals surface area contributed by atoms with Crippen molar-refractivity contribution < 1.29 is 4.74 Å².